The molecular weight excluding hydrogens is 480 g/mol. The number of oxime groups is 1. The molecule has 0 unspecified atom stereocenters. The minimum atomic E-state index is -1.18. The molecule has 2 aromatic heterocycles. The lowest BCUT2D eigenvalue weighted by molar-refractivity contribution is -0.689. The van der Waals surface area contributed by atoms with Crippen LogP contribution in [0.15, 0.2) is 40.3 Å². The number of carbonyl (C=O) groups is 3. The van der Waals surface area contributed by atoms with E-state index >= 15 is 0 Å². The van der Waals surface area contributed by atoms with Gasteiger partial charge in [0.1, 0.15) is 29.9 Å². The summed E-state index contributed by atoms with van der Waals surface area (Å²) < 4.78 is 1.92. The highest BCUT2D eigenvalue weighted by atomic mass is 32.2. The van der Waals surface area contributed by atoms with Crippen molar-refractivity contribution < 1.29 is 28.9 Å². The molecule has 1 fully saturated rings. The maximum atomic E-state index is 13.0. The van der Waals surface area contributed by atoms with Crippen LogP contribution >= 0.6 is 23.1 Å². The zero-order chi connectivity index (χ0) is 24.6. The lowest BCUT2D eigenvalue weighted by Gasteiger charge is -2.49. The quantitative estimate of drug-likeness (QED) is 0.213. The molecule has 0 spiro atoms. The van der Waals surface area contributed by atoms with E-state index in [1.54, 1.807) is 5.38 Å². The maximum absolute atomic E-state index is 13.0. The molecule has 0 aliphatic carbocycles. The summed E-state index contributed by atoms with van der Waals surface area (Å²) in [5.74, 6) is -1.93. The maximum Gasteiger partial charge on any atom is 0.352 e. The highest BCUT2D eigenvalue weighted by Crippen LogP contribution is 2.40. The van der Waals surface area contributed by atoms with Crippen LogP contribution in [0, 0.1) is 13.8 Å². The summed E-state index contributed by atoms with van der Waals surface area (Å²) in [6.07, 6.45) is 3.86. The normalized spacial score (nSPS) is 20.0. The van der Waals surface area contributed by atoms with Crippen molar-refractivity contribution in [1.82, 2.24) is 15.2 Å². The second kappa shape index (κ2) is 9.43. The van der Waals surface area contributed by atoms with Crippen LogP contribution in [0.3, 0.4) is 0 Å². The van der Waals surface area contributed by atoms with Crippen LogP contribution in [0.1, 0.15) is 16.8 Å². The van der Waals surface area contributed by atoms with Crippen molar-refractivity contribution in [2.75, 3.05) is 18.6 Å². The number of rotatable bonds is 7. The zero-order valence-corrected chi connectivity index (χ0v) is 20.3. The van der Waals surface area contributed by atoms with Gasteiger partial charge in [-0.05, 0) is 19.9 Å². The number of fused-ring (bicyclic) bond motifs is 1. The summed E-state index contributed by atoms with van der Waals surface area (Å²) >= 11 is 2.54. The molecule has 11 nitrogen and oxygen atoms in total. The van der Waals surface area contributed by atoms with Gasteiger partial charge in [-0.25, -0.2) is 14.3 Å². The van der Waals surface area contributed by atoms with Gasteiger partial charge in [0.25, 0.3) is 11.8 Å². The Labute approximate surface area is 203 Å². The standard InChI is InChI=1S/C21H22N6O5S2/c1-10-4-11(2)6-26(5-10)7-12-8-33-19-15(18(29)27(19)16(12)20(30)31)24-17(28)14(25-32-3)13-9-34-21(22)23-13/h4-6,9,15,19H,7-8H2,1-3H3,(H3-,22,23,24,28,30,31)/p+1/b25-14-/t15-,19-/m1/s1. The summed E-state index contributed by atoms with van der Waals surface area (Å²) in [5.41, 5.74) is 8.44. The fourth-order valence-corrected chi connectivity index (χ4v) is 5.90. The van der Waals surface area contributed by atoms with Crippen LogP contribution in [-0.2, 0) is 25.8 Å². The van der Waals surface area contributed by atoms with Gasteiger partial charge in [0, 0.05) is 27.8 Å². The number of aromatic nitrogens is 2. The average molecular weight is 504 g/mol. The number of pyridine rings is 1. The molecule has 178 valence electrons. The number of nitrogens with zero attached hydrogens (tertiary/aromatic N) is 4. The Morgan fingerprint density at radius 3 is 2.68 bits per heavy atom. The summed E-state index contributed by atoms with van der Waals surface area (Å²) in [4.78, 5) is 48.0. The summed E-state index contributed by atoms with van der Waals surface area (Å²) in [6.45, 7) is 4.28. The molecule has 2 aliphatic rings. The van der Waals surface area contributed by atoms with Crippen molar-refractivity contribution >= 4 is 51.7 Å². The minimum Gasteiger partial charge on any atom is -0.477 e. The molecule has 0 radical (unpaired) electrons. The topological polar surface area (TPSA) is 151 Å². The van der Waals surface area contributed by atoms with Gasteiger partial charge in [0.15, 0.2) is 29.8 Å². The van der Waals surface area contributed by atoms with E-state index in [2.05, 4.69) is 15.5 Å². The molecule has 4 heterocycles. The lowest BCUT2D eigenvalue weighted by atomic mass is 10.0. The monoisotopic (exact) mass is 503 g/mol. The van der Waals surface area contributed by atoms with Gasteiger partial charge in [-0.1, -0.05) is 5.16 Å². The predicted molar refractivity (Wildman–Crippen MR) is 126 cm³/mol. The van der Waals surface area contributed by atoms with Gasteiger partial charge in [0.05, 0.1) is 0 Å². The van der Waals surface area contributed by atoms with Crippen LogP contribution in [0.2, 0.25) is 0 Å². The van der Waals surface area contributed by atoms with Crippen molar-refractivity contribution in [3.05, 3.63) is 51.9 Å². The van der Waals surface area contributed by atoms with Crippen molar-refractivity contribution in [1.29, 1.82) is 0 Å². The van der Waals surface area contributed by atoms with Crippen LogP contribution in [0.5, 0.6) is 0 Å². The smallest absolute Gasteiger partial charge is 0.352 e. The van der Waals surface area contributed by atoms with E-state index in [0.717, 1.165) is 22.5 Å². The number of β-lactam (4-membered cyclic amide) rings is 1. The van der Waals surface area contributed by atoms with E-state index in [0.29, 0.717) is 17.9 Å². The van der Waals surface area contributed by atoms with Crippen LogP contribution in [0.25, 0.3) is 0 Å². The Balaban J connectivity index is 1.55. The SMILES string of the molecule is CO/N=C(\C(=O)N[C@@H]1C(=O)N2C(C(=O)O)=C(C[n+]3cc(C)cc(C)c3)CS[C@H]12)c1csc(N)n1. The fraction of sp³-hybridized carbons (Fsp3) is 0.333. The third-order valence-electron chi connectivity index (χ3n) is 5.27. The number of anilines is 1. The number of hydrogen-bond acceptors (Lipinski definition) is 9. The highest BCUT2D eigenvalue weighted by Gasteiger charge is 2.54. The molecule has 2 aliphatic heterocycles. The first-order valence-electron chi connectivity index (χ1n) is 10.2. The Bertz CT molecular complexity index is 1220. The Kier molecular flexibility index (Phi) is 6.57. The molecule has 0 bridgehead atoms. The second-order valence-corrected chi connectivity index (χ2v) is 9.87. The molecule has 0 saturated carbocycles. The Hall–Kier alpha value is -3.45. The average Bonchev–Trinajstić information content (AvgIpc) is 3.20. The van der Waals surface area contributed by atoms with E-state index in [9.17, 15) is 19.5 Å². The number of thioether (sulfide) groups is 1. The number of thiazole rings is 1. The molecule has 13 heteroatoms. The molecule has 2 atom stereocenters. The van der Waals surface area contributed by atoms with E-state index in [1.165, 1.54) is 23.8 Å². The highest BCUT2D eigenvalue weighted by molar-refractivity contribution is 8.00. The number of aryl methyl sites for hydroxylation is 2. The third-order valence-corrected chi connectivity index (χ3v) is 7.28. The number of nitrogen functional groups attached to an aromatic ring is 1. The molecule has 4 rings (SSSR count). The van der Waals surface area contributed by atoms with Gasteiger partial charge in [-0.3, -0.25) is 14.5 Å². The molecular formula is C21H23N6O5S2+. The van der Waals surface area contributed by atoms with E-state index in [-0.39, 0.29) is 22.2 Å². The van der Waals surface area contributed by atoms with E-state index in [4.69, 9.17) is 10.6 Å². The van der Waals surface area contributed by atoms with Crippen LogP contribution < -0.4 is 15.6 Å². The van der Waals surface area contributed by atoms with Crippen molar-refractivity contribution in [3.63, 3.8) is 0 Å². The summed E-state index contributed by atoms with van der Waals surface area (Å²) in [6, 6.07) is 1.13. The number of aliphatic carboxylic acids is 1. The molecule has 2 amide bonds. The predicted octanol–water partition coefficient (Wildman–Crippen LogP) is 0.419. The summed E-state index contributed by atoms with van der Waals surface area (Å²) in [7, 11) is 1.29. The lowest BCUT2D eigenvalue weighted by Crippen LogP contribution is -2.71. The van der Waals surface area contributed by atoms with E-state index < -0.39 is 29.2 Å². The van der Waals surface area contributed by atoms with Crippen LogP contribution in [-0.4, -0.2) is 62.8 Å². The van der Waals surface area contributed by atoms with E-state index in [1.807, 2.05) is 36.9 Å². The third kappa shape index (κ3) is 4.48. The first kappa shape index (κ1) is 23.7. The van der Waals surface area contributed by atoms with Gasteiger partial charge in [0.2, 0.25) is 0 Å². The fourth-order valence-electron chi connectivity index (χ4n) is 4.01. The largest absolute Gasteiger partial charge is 0.477 e. The Morgan fingerprint density at radius 2 is 2.09 bits per heavy atom. The molecule has 2 aromatic rings. The first-order valence-corrected chi connectivity index (χ1v) is 12.1. The number of carbonyl (C=O) groups excluding carboxylic acids is 2. The molecule has 4 N–H and O–H groups in total. The van der Waals surface area contributed by atoms with Crippen molar-refractivity contribution in [2.45, 2.75) is 31.8 Å². The molecule has 34 heavy (non-hydrogen) atoms. The molecule has 1 saturated heterocycles. The van der Waals surface area contributed by atoms with Crippen LogP contribution in [0.4, 0.5) is 5.13 Å². The minimum absolute atomic E-state index is 0.0380. The Morgan fingerprint density at radius 1 is 1.38 bits per heavy atom. The summed E-state index contributed by atoms with van der Waals surface area (Å²) in [5, 5.41) is 17.5. The first-order chi connectivity index (χ1) is 16.2. The zero-order valence-electron chi connectivity index (χ0n) is 18.6. The van der Waals surface area contributed by atoms with Gasteiger partial charge in [-0.15, -0.1) is 23.1 Å². The number of carboxylic acid groups (broad SMARTS) is 1. The number of hydrogen-bond donors (Lipinski definition) is 3. The van der Waals surface area contributed by atoms with Gasteiger partial charge >= 0.3 is 5.97 Å². The number of amides is 2. The second-order valence-electron chi connectivity index (χ2n) is 7.87. The number of nitrogens with two attached hydrogens (primary N) is 1. The van der Waals surface area contributed by atoms with Gasteiger partial charge < -0.3 is 21.0 Å². The van der Waals surface area contributed by atoms with Crippen molar-refractivity contribution in [3.8, 4) is 0 Å². The van der Waals surface area contributed by atoms with Crippen molar-refractivity contribution in [2.24, 2.45) is 5.16 Å². The van der Waals surface area contributed by atoms with Gasteiger partial charge in [-0.2, -0.15) is 0 Å². The number of carboxylic acids is 1. The number of nitrogens with one attached hydrogen (secondary N) is 1. The molecule has 0 aromatic carbocycles.